The quantitative estimate of drug-likeness (QED) is 0.315. The molecule has 2 heteroatoms. The van der Waals surface area contributed by atoms with E-state index in [1.54, 1.807) is 24.3 Å². The number of hydrogen-bond donors (Lipinski definition) is 2. The summed E-state index contributed by atoms with van der Waals surface area (Å²) >= 11 is 0. The van der Waals surface area contributed by atoms with Crippen molar-refractivity contribution < 1.29 is 10.2 Å². The molecule has 2 nitrogen and oxygen atoms in total. The van der Waals surface area contributed by atoms with Crippen LogP contribution in [0.3, 0.4) is 0 Å². The van der Waals surface area contributed by atoms with Gasteiger partial charge in [-0.05, 0) is 68.8 Å². The van der Waals surface area contributed by atoms with Crippen molar-refractivity contribution in [2.45, 2.75) is 0 Å². The molecule has 0 aliphatic carbocycles. The Bertz CT molecular complexity index is 1210. The maximum atomic E-state index is 9.47. The average Bonchev–Trinajstić information content (AvgIpc) is 2.85. The molecule has 0 heterocycles. The number of phenols is 2. The minimum absolute atomic E-state index is 0.278. The molecular weight excluding hydrogens is 392 g/mol. The van der Waals surface area contributed by atoms with Crippen molar-refractivity contribution in [1.29, 1.82) is 0 Å². The zero-order valence-electron chi connectivity index (χ0n) is 17.4. The summed E-state index contributed by atoms with van der Waals surface area (Å²) in [5, 5.41) is 18.9. The molecular formula is C30H22O2. The van der Waals surface area contributed by atoms with E-state index in [1.165, 1.54) is 22.3 Å². The summed E-state index contributed by atoms with van der Waals surface area (Å²) in [5.74, 6) is 0.556. The van der Waals surface area contributed by atoms with Gasteiger partial charge in [0.25, 0.3) is 0 Å². The Morgan fingerprint density at radius 3 is 0.500 bits per heavy atom. The van der Waals surface area contributed by atoms with E-state index in [-0.39, 0.29) is 11.5 Å². The number of hydrogen-bond acceptors (Lipinski definition) is 2. The van der Waals surface area contributed by atoms with Crippen LogP contribution in [-0.2, 0) is 0 Å². The van der Waals surface area contributed by atoms with E-state index in [0.717, 1.165) is 22.3 Å². The van der Waals surface area contributed by atoms with Gasteiger partial charge in [0.05, 0.1) is 0 Å². The third-order valence-corrected chi connectivity index (χ3v) is 5.72. The van der Waals surface area contributed by atoms with Gasteiger partial charge in [0, 0.05) is 0 Å². The molecule has 0 aromatic heterocycles. The van der Waals surface area contributed by atoms with Crippen molar-refractivity contribution in [1.82, 2.24) is 0 Å². The van der Waals surface area contributed by atoms with Gasteiger partial charge in [-0.15, -0.1) is 0 Å². The maximum absolute atomic E-state index is 9.47. The van der Waals surface area contributed by atoms with Crippen molar-refractivity contribution in [3.63, 3.8) is 0 Å². The van der Waals surface area contributed by atoms with Crippen LogP contribution in [0.1, 0.15) is 0 Å². The normalized spacial score (nSPS) is 10.8. The molecule has 0 saturated heterocycles. The zero-order valence-corrected chi connectivity index (χ0v) is 17.4. The topological polar surface area (TPSA) is 40.5 Å². The standard InChI is InChI=1S/C30H22O2/c31-29-17-13-27(14-18-29)25-9-5-23(6-10-25)21-1-2-22(4-3-21)24-7-11-26(12-8-24)28-15-19-30(32)20-16-28/h1-20,31-32H. The van der Waals surface area contributed by atoms with Crippen molar-refractivity contribution >= 4 is 0 Å². The summed E-state index contributed by atoms with van der Waals surface area (Å²) in [5.41, 5.74) is 9.10. The minimum Gasteiger partial charge on any atom is -0.508 e. The third kappa shape index (κ3) is 4.12. The molecule has 5 aromatic rings. The van der Waals surface area contributed by atoms with Crippen LogP contribution in [0.2, 0.25) is 0 Å². The molecule has 5 aromatic carbocycles. The highest BCUT2D eigenvalue weighted by atomic mass is 16.3. The van der Waals surface area contributed by atoms with Crippen molar-refractivity contribution in [3.05, 3.63) is 121 Å². The second-order valence-corrected chi connectivity index (χ2v) is 7.83. The molecule has 154 valence electrons. The van der Waals surface area contributed by atoms with Crippen LogP contribution < -0.4 is 0 Å². The predicted molar refractivity (Wildman–Crippen MR) is 132 cm³/mol. The highest BCUT2D eigenvalue weighted by Gasteiger charge is 2.04. The van der Waals surface area contributed by atoms with E-state index in [1.807, 2.05) is 24.3 Å². The molecule has 0 aliphatic heterocycles. The van der Waals surface area contributed by atoms with Gasteiger partial charge in [0.2, 0.25) is 0 Å². The van der Waals surface area contributed by atoms with Gasteiger partial charge in [0.15, 0.2) is 0 Å². The SMILES string of the molecule is Oc1ccc(-c2ccc(-c3ccc(-c4ccc(-c5ccc(O)cc5)cc4)cc3)cc2)cc1. The molecule has 0 radical (unpaired) electrons. The van der Waals surface area contributed by atoms with E-state index in [4.69, 9.17) is 0 Å². The van der Waals surface area contributed by atoms with E-state index in [9.17, 15) is 10.2 Å². The summed E-state index contributed by atoms with van der Waals surface area (Å²) in [7, 11) is 0. The smallest absolute Gasteiger partial charge is 0.115 e. The molecule has 0 fully saturated rings. The minimum atomic E-state index is 0.278. The molecule has 2 N–H and O–H groups in total. The lowest BCUT2D eigenvalue weighted by atomic mass is 9.97. The van der Waals surface area contributed by atoms with Crippen LogP contribution in [0.5, 0.6) is 11.5 Å². The first-order valence-corrected chi connectivity index (χ1v) is 10.6. The van der Waals surface area contributed by atoms with E-state index < -0.39 is 0 Å². The largest absolute Gasteiger partial charge is 0.508 e. The van der Waals surface area contributed by atoms with Crippen LogP contribution >= 0.6 is 0 Å². The van der Waals surface area contributed by atoms with Crippen LogP contribution in [0, 0.1) is 0 Å². The summed E-state index contributed by atoms with van der Waals surface area (Å²) in [6, 6.07) is 40.1. The monoisotopic (exact) mass is 414 g/mol. The Balaban J connectivity index is 1.33. The van der Waals surface area contributed by atoms with Gasteiger partial charge in [-0.2, -0.15) is 0 Å². The molecule has 0 saturated carbocycles. The van der Waals surface area contributed by atoms with Gasteiger partial charge in [-0.3, -0.25) is 0 Å². The van der Waals surface area contributed by atoms with E-state index in [2.05, 4.69) is 72.8 Å². The zero-order chi connectivity index (χ0) is 21.9. The van der Waals surface area contributed by atoms with Crippen LogP contribution in [0.25, 0.3) is 44.5 Å². The first-order valence-electron chi connectivity index (χ1n) is 10.6. The number of aromatic hydroxyl groups is 2. The van der Waals surface area contributed by atoms with E-state index in [0.29, 0.717) is 0 Å². The fourth-order valence-electron chi connectivity index (χ4n) is 3.87. The molecule has 0 bridgehead atoms. The Kier molecular flexibility index (Phi) is 5.19. The molecule has 5 rings (SSSR count). The Morgan fingerprint density at radius 1 is 0.219 bits per heavy atom. The molecule has 32 heavy (non-hydrogen) atoms. The van der Waals surface area contributed by atoms with Crippen molar-refractivity contribution in [2.24, 2.45) is 0 Å². The highest BCUT2D eigenvalue weighted by molar-refractivity contribution is 5.75. The summed E-state index contributed by atoms with van der Waals surface area (Å²) in [6.45, 7) is 0. The molecule has 0 amide bonds. The Morgan fingerprint density at radius 2 is 0.344 bits per heavy atom. The molecule has 0 atom stereocenters. The molecule has 0 unspecified atom stereocenters. The van der Waals surface area contributed by atoms with Gasteiger partial charge in [-0.25, -0.2) is 0 Å². The average molecular weight is 415 g/mol. The first kappa shape index (κ1) is 19.7. The Hall–Kier alpha value is -4.30. The van der Waals surface area contributed by atoms with Crippen molar-refractivity contribution in [2.75, 3.05) is 0 Å². The van der Waals surface area contributed by atoms with Crippen molar-refractivity contribution in [3.8, 4) is 56.0 Å². The van der Waals surface area contributed by atoms with Crippen LogP contribution in [-0.4, -0.2) is 10.2 Å². The number of benzene rings is 5. The fraction of sp³-hybridized carbons (Fsp3) is 0. The maximum Gasteiger partial charge on any atom is 0.115 e. The molecule has 0 spiro atoms. The summed E-state index contributed by atoms with van der Waals surface area (Å²) in [6.07, 6.45) is 0. The predicted octanol–water partition coefficient (Wildman–Crippen LogP) is 7.77. The highest BCUT2D eigenvalue weighted by Crippen LogP contribution is 2.29. The number of phenolic OH excluding ortho intramolecular Hbond substituents is 2. The lowest BCUT2D eigenvalue weighted by molar-refractivity contribution is 0.475. The molecule has 0 aliphatic rings. The number of rotatable bonds is 4. The van der Waals surface area contributed by atoms with Crippen LogP contribution in [0.4, 0.5) is 0 Å². The lowest BCUT2D eigenvalue weighted by Gasteiger charge is -2.08. The second kappa shape index (κ2) is 8.44. The van der Waals surface area contributed by atoms with Gasteiger partial charge in [0.1, 0.15) is 11.5 Å². The summed E-state index contributed by atoms with van der Waals surface area (Å²) in [4.78, 5) is 0. The Labute approximate surface area is 187 Å². The van der Waals surface area contributed by atoms with E-state index >= 15 is 0 Å². The fourth-order valence-corrected chi connectivity index (χ4v) is 3.87. The van der Waals surface area contributed by atoms with Crippen LogP contribution in [0.15, 0.2) is 121 Å². The van der Waals surface area contributed by atoms with Gasteiger partial charge < -0.3 is 10.2 Å². The van der Waals surface area contributed by atoms with Gasteiger partial charge >= 0.3 is 0 Å². The first-order chi connectivity index (χ1) is 15.7. The second-order valence-electron chi connectivity index (χ2n) is 7.83. The third-order valence-electron chi connectivity index (χ3n) is 5.72. The summed E-state index contributed by atoms with van der Waals surface area (Å²) < 4.78 is 0. The van der Waals surface area contributed by atoms with Gasteiger partial charge in [-0.1, -0.05) is 97.1 Å². The lowest BCUT2D eigenvalue weighted by Crippen LogP contribution is -1.83.